The van der Waals surface area contributed by atoms with Gasteiger partial charge in [0.1, 0.15) is 5.82 Å². The number of nitrogens with one attached hydrogen (secondary N) is 1. The Bertz CT molecular complexity index is 453. The topological polar surface area (TPSA) is 32.3 Å². The molecular weight excluding hydrogens is 243 g/mol. The molecule has 1 aliphatic rings. The zero-order chi connectivity index (χ0) is 13.5. The second-order valence-corrected chi connectivity index (χ2v) is 4.69. The van der Waals surface area contributed by atoms with Gasteiger partial charge >= 0.3 is 0 Å². The van der Waals surface area contributed by atoms with E-state index in [1.807, 2.05) is 0 Å². The van der Waals surface area contributed by atoms with Gasteiger partial charge in [0.25, 0.3) is 0 Å². The molecule has 1 amide bonds. The summed E-state index contributed by atoms with van der Waals surface area (Å²) in [7, 11) is 0. The monoisotopic (exact) mass is 262 g/mol. The average molecular weight is 262 g/mol. The van der Waals surface area contributed by atoms with E-state index in [1.54, 1.807) is 18.2 Å². The number of halogens is 1. The van der Waals surface area contributed by atoms with Crippen LogP contribution in [0.15, 0.2) is 30.3 Å². The smallest absolute Gasteiger partial charge is 0.244 e. The molecule has 0 bridgehead atoms. The summed E-state index contributed by atoms with van der Waals surface area (Å²) in [5.74, 6) is -0.494. The number of hydrogen-bond acceptors (Lipinski definition) is 2. The van der Waals surface area contributed by atoms with Crippen LogP contribution in [0.4, 0.5) is 4.39 Å². The minimum absolute atomic E-state index is 0.178. The first kappa shape index (κ1) is 13.7. The summed E-state index contributed by atoms with van der Waals surface area (Å²) in [6.07, 6.45) is 5.38. The van der Waals surface area contributed by atoms with E-state index >= 15 is 0 Å². The Morgan fingerprint density at radius 3 is 2.79 bits per heavy atom. The lowest BCUT2D eigenvalue weighted by Crippen LogP contribution is -2.32. The van der Waals surface area contributed by atoms with Gasteiger partial charge in [0, 0.05) is 24.7 Å². The van der Waals surface area contributed by atoms with Gasteiger partial charge in [-0.05, 0) is 38.1 Å². The van der Waals surface area contributed by atoms with Crippen molar-refractivity contribution in [1.29, 1.82) is 0 Å². The number of carbonyl (C=O) groups is 1. The molecule has 4 heteroatoms. The Morgan fingerprint density at radius 2 is 2.05 bits per heavy atom. The first-order valence-electron chi connectivity index (χ1n) is 6.68. The quantitative estimate of drug-likeness (QED) is 0.824. The molecule has 0 radical (unpaired) electrons. The van der Waals surface area contributed by atoms with E-state index in [0.717, 1.165) is 19.6 Å². The van der Waals surface area contributed by atoms with Crippen LogP contribution in [0.5, 0.6) is 0 Å². The number of rotatable bonds is 5. The summed E-state index contributed by atoms with van der Waals surface area (Å²) < 4.78 is 13.3. The Kier molecular flexibility index (Phi) is 5.10. The third-order valence-corrected chi connectivity index (χ3v) is 3.25. The van der Waals surface area contributed by atoms with E-state index in [-0.39, 0.29) is 11.7 Å². The standard InChI is InChI=1S/C15H19FN2O/c16-14-6-2-1-5-13(14)7-8-15(19)17-9-12-18-10-3-4-11-18/h1-2,5-8H,3-4,9-12H2,(H,17,19)/b8-7+. The van der Waals surface area contributed by atoms with Gasteiger partial charge in [-0.2, -0.15) is 0 Å². The number of nitrogens with zero attached hydrogens (tertiary/aromatic N) is 1. The Morgan fingerprint density at radius 1 is 1.32 bits per heavy atom. The molecule has 0 unspecified atom stereocenters. The summed E-state index contributed by atoms with van der Waals surface area (Å²) >= 11 is 0. The van der Waals surface area contributed by atoms with Crippen LogP contribution in [-0.2, 0) is 4.79 Å². The highest BCUT2D eigenvalue weighted by Gasteiger charge is 2.10. The lowest BCUT2D eigenvalue weighted by atomic mass is 10.2. The highest BCUT2D eigenvalue weighted by molar-refractivity contribution is 5.91. The van der Waals surface area contributed by atoms with E-state index < -0.39 is 0 Å². The van der Waals surface area contributed by atoms with Gasteiger partial charge in [0.05, 0.1) is 0 Å². The summed E-state index contributed by atoms with van der Waals surface area (Å²) in [5.41, 5.74) is 0.428. The number of benzene rings is 1. The van der Waals surface area contributed by atoms with Crippen molar-refractivity contribution in [3.8, 4) is 0 Å². The fourth-order valence-corrected chi connectivity index (χ4v) is 2.18. The molecule has 19 heavy (non-hydrogen) atoms. The van der Waals surface area contributed by atoms with Crippen LogP contribution in [0.25, 0.3) is 6.08 Å². The fraction of sp³-hybridized carbons (Fsp3) is 0.400. The van der Waals surface area contributed by atoms with Crippen molar-refractivity contribution >= 4 is 12.0 Å². The summed E-state index contributed by atoms with van der Waals surface area (Å²) in [4.78, 5) is 13.9. The molecule has 2 rings (SSSR count). The zero-order valence-electron chi connectivity index (χ0n) is 10.9. The van der Waals surface area contributed by atoms with Crippen LogP contribution < -0.4 is 5.32 Å². The van der Waals surface area contributed by atoms with Crippen LogP contribution in [-0.4, -0.2) is 37.0 Å². The van der Waals surface area contributed by atoms with E-state index in [2.05, 4.69) is 10.2 Å². The minimum Gasteiger partial charge on any atom is -0.351 e. The molecule has 0 saturated carbocycles. The molecule has 1 aromatic carbocycles. The summed E-state index contributed by atoms with van der Waals surface area (Å²) in [5, 5.41) is 2.81. The molecule has 0 atom stereocenters. The van der Waals surface area contributed by atoms with Crippen molar-refractivity contribution in [3.05, 3.63) is 41.7 Å². The molecule has 1 aliphatic heterocycles. The van der Waals surface area contributed by atoms with Crippen molar-refractivity contribution < 1.29 is 9.18 Å². The normalized spacial score (nSPS) is 16.1. The largest absolute Gasteiger partial charge is 0.351 e. The number of amides is 1. The lowest BCUT2D eigenvalue weighted by Gasteiger charge is -2.13. The maximum absolute atomic E-state index is 13.3. The van der Waals surface area contributed by atoms with Gasteiger partial charge < -0.3 is 10.2 Å². The second-order valence-electron chi connectivity index (χ2n) is 4.69. The first-order valence-corrected chi connectivity index (χ1v) is 6.68. The van der Waals surface area contributed by atoms with Gasteiger partial charge in [0.2, 0.25) is 5.91 Å². The average Bonchev–Trinajstić information content (AvgIpc) is 2.91. The third kappa shape index (κ3) is 4.48. The van der Waals surface area contributed by atoms with Crippen LogP contribution in [0.2, 0.25) is 0 Å². The zero-order valence-corrected chi connectivity index (χ0v) is 10.9. The highest BCUT2D eigenvalue weighted by atomic mass is 19.1. The van der Waals surface area contributed by atoms with E-state index in [0.29, 0.717) is 12.1 Å². The van der Waals surface area contributed by atoms with Crippen LogP contribution in [0.1, 0.15) is 18.4 Å². The Balaban J connectivity index is 1.73. The minimum atomic E-state index is -0.316. The van der Waals surface area contributed by atoms with E-state index in [1.165, 1.54) is 31.1 Å². The third-order valence-electron chi connectivity index (χ3n) is 3.25. The van der Waals surface area contributed by atoms with Crippen molar-refractivity contribution in [1.82, 2.24) is 10.2 Å². The summed E-state index contributed by atoms with van der Waals surface area (Å²) in [6, 6.07) is 6.39. The second kappa shape index (κ2) is 7.04. The van der Waals surface area contributed by atoms with E-state index in [4.69, 9.17) is 0 Å². The molecule has 0 aliphatic carbocycles. The van der Waals surface area contributed by atoms with Gasteiger partial charge in [0.15, 0.2) is 0 Å². The Labute approximate surface area is 113 Å². The first-order chi connectivity index (χ1) is 9.25. The molecule has 1 aromatic rings. The molecule has 102 valence electrons. The van der Waals surface area contributed by atoms with Crippen LogP contribution >= 0.6 is 0 Å². The predicted octanol–water partition coefficient (Wildman–Crippen LogP) is 2.05. The molecule has 1 heterocycles. The molecular formula is C15H19FN2O. The van der Waals surface area contributed by atoms with Crippen LogP contribution in [0.3, 0.4) is 0 Å². The SMILES string of the molecule is O=C(/C=C/c1ccccc1F)NCCN1CCCC1. The van der Waals surface area contributed by atoms with Gasteiger partial charge in [-0.3, -0.25) is 4.79 Å². The van der Waals surface area contributed by atoms with Crippen molar-refractivity contribution in [3.63, 3.8) is 0 Å². The number of hydrogen-bond donors (Lipinski definition) is 1. The van der Waals surface area contributed by atoms with E-state index in [9.17, 15) is 9.18 Å². The van der Waals surface area contributed by atoms with Crippen LogP contribution in [0, 0.1) is 5.82 Å². The molecule has 1 N–H and O–H groups in total. The molecule has 1 saturated heterocycles. The maximum Gasteiger partial charge on any atom is 0.244 e. The van der Waals surface area contributed by atoms with Crippen molar-refractivity contribution in [2.45, 2.75) is 12.8 Å². The fourth-order valence-electron chi connectivity index (χ4n) is 2.18. The highest BCUT2D eigenvalue weighted by Crippen LogP contribution is 2.08. The van der Waals surface area contributed by atoms with Gasteiger partial charge in [-0.25, -0.2) is 4.39 Å². The number of carbonyl (C=O) groups excluding carboxylic acids is 1. The maximum atomic E-state index is 13.3. The Hall–Kier alpha value is -1.68. The molecule has 3 nitrogen and oxygen atoms in total. The lowest BCUT2D eigenvalue weighted by molar-refractivity contribution is -0.116. The predicted molar refractivity (Wildman–Crippen MR) is 74.1 cm³/mol. The summed E-state index contributed by atoms with van der Waals surface area (Å²) in [6.45, 7) is 3.78. The van der Waals surface area contributed by atoms with Gasteiger partial charge in [-0.15, -0.1) is 0 Å². The molecule has 0 spiro atoms. The van der Waals surface area contributed by atoms with Crippen molar-refractivity contribution in [2.75, 3.05) is 26.2 Å². The molecule has 1 fully saturated rings. The van der Waals surface area contributed by atoms with Crippen molar-refractivity contribution in [2.24, 2.45) is 0 Å². The van der Waals surface area contributed by atoms with Gasteiger partial charge in [-0.1, -0.05) is 18.2 Å². The number of likely N-dealkylation sites (tertiary alicyclic amines) is 1. The molecule has 0 aromatic heterocycles.